The van der Waals surface area contributed by atoms with Crippen LogP contribution in [0.4, 0.5) is 5.69 Å². The molecule has 0 amide bonds. The molecular weight excluding hydrogens is 298 g/mol. The molecule has 0 bridgehead atoms. The van der Waals surface area contributed by atoms with Crippen molar-refractivity contribution in [3.8, 4) is 0 Å². The smallest absolute Gasteiger partial charge is 0.137 e. The number of aromatic nitrogens is 4. The van der Waals surface area contributed by atoms with Crippen LogP contribution in [0.1, 0.15) is 18.9 Å². The Balaban J connectivity index is 1.59. The molecule has 5 nitrogen and oxygen atoms in total. The Morgan fingerprint density at radius 1 is 1.14 bits per heavy atom. The fraction of sp³-hybridized carbons (Fsp3) is 0.312. The van der Waals surface area contributed by atoms with Crippen LogP contribution in [0.2, 0.25) is 5.02 Å². The third-order valence-corrected chi connectivity index (χ3v) is 4.53. The summed E-state index contributed by atoms with van der Waals surface area (Å²) in [5, 5.41) is 6.14. The van der Waals surface area contributed by atoms with Crippen LogP contribution in [0.5, 0.6) is 0 Å². The molecule has 3 aromatic rings. The minimum atomic E-state index is 0.446. The minimum absolute atomic E-state index is 0.446. The minimum Gasteiger partial charge on any atom is -0.371 e. The Bertz CT molecular complexity index is 778. The van der Waals surface area contributed by atoms with E-state index in [0.29, 0.717) is 6.04 Å². The van der Waals surface area contributed by atoms with E-state index in [4.69, 9.17) is 11.6 Å². The lowest BCUT2D eigenvalue weighted by Gasteiger charge is -2.34. The van der Waals surface area contributed by atoms with Crippen molar-refractivity contribution in [2.75, 3.05) is 18.0 Å². The zero-order chi connectivity index (χ0) is 14.9. The van der Waals surface area contributed by atoms with Crippen molar-refractivity contribution in [2.45, 2.75) is 18.9 Å². The fourth-order valence-electron chi connectivity index (χ4n) is 3.16. The number of anilines is 1. The maximum atomic E-state index is 6.06. The highest BCUT2D eigenvalue weighted by Crippen LogP contribution is 2.31. The quantitative estimate of drug-likeness (QED) is 0.728. The first kappa shape index (κ1) is 13.5. The van der Waals surface area contributed by atoms with E-state index in [0.717, 1.165) is 41.9 Å². The summed E-state index contributed by atoms with van der Waals surface area (Å²) in [7, 11) is 0. The van der Waals surface area contributed by atoms with Gasteiger partial charge >= 0.3 is 0 Å². The molecule has 0 unspecified atom stereocenters. The Labute approximate surface area is 133 Å². The first-order chi connectivity index (χ1) is 10.8. The maximum Gasteiger partial charge on any atom is 0.137 e. The van der Waals surface area contributed by atoms with Crippen molar-refractivity contribution in [3.63, 3.8) is 0 Å². The van der Waals surface area contributed by atoms with Crippen molar-refractivity contribution in [2.24, 2.45) is 0 Å². The third kappa shape index (κ3) is 2.41. The number of hydrogen-bond acceptors (Lipinski definition) is 4. The van der Waals surface area contributed by atoms with E-state index >= 15 is 0 Å². The number of fused-ring (bicyclic) bond motifs is 1. The zero-order valence-corrected chi connectivity index (χ0v) is 12.8. The van der Waals surface area contributed by atoms with Gasteiger partial charge in [0.2, 0.25) is 0 Å². The van der Waals surface area contributed by atoms with Crippen molar-refractivity contribution in [3.05, 3.63) is 48.1 Å². The van der Waals surface area contributed by atoms with E-state index in [-0.39, 0.29) is 0 Å². The number of pyridine rings is 1. The second-order valence-electron chi connectivity index (χ2n) is 5.59. The summed E-state index contributed by atoms with van der Waals surface area (Å²) in [5.74, 6) is 0. The van der Waals surface area contributed by atoms with Gasteiger partial charge in [0.25, 0.3) is 0 Å². The maximum absolute atomic E-state index is 6.06. The van der Waals surface area contributed by atoms with Gasteiger partial charge in [0.05, 0.1) is 11.6 Å². The molecule has 22 heavy (non-hydrogen) atoms. The largest absolute Gasteiger partial charge is 0.371 e. The van der Waals surface area contributed by atoms with Crippen molar-refractivity contribution < 1.29 is 0 Å². The topological polar surface area (TPSA) is 46.8 Å². The standard InChI is InChI=1S/C16H16ClN5/c17-12-1-2-14-15(9-12)19-6-3-16(14)21-7-4-13(5-8-21)22-11-18-10-20-22/h1-3,6,9-11,13H,4-5,7-8H2. The van der Waals surface area contributed by atoms with Crippen molar-refractivity contribution in [1.29, 1.82) is 0 Å². The number of hydrogen-bond donors (Lipinski definition) is 0. The second kappa shape index (κ2) is 5.57. The molecule has 1 aliphatic heterocycles. The number of halogens is 1. The molecule has 2 aromatic heterocycles. The van der Waals surface area contributed by atoms with Gasteiger partial charge in [-0.1, -0.05) is 11.6 Å². The van der Waals surface area contributed by atoms with Crippen molar-refractivity contribution >= 4 is 28.2 Å². The van der Waals surface area contributed by atoms with E-state index in [2.05, 4.69) is 32.1 Å². The lowest BCUT2D eigenvalue weighted by Crippen LogP contribution is -2.34. The molecule has 0 N–H and O–H groups in total. The SMILES string of the molecule is Clc1ccc2c(N3CCC(n4cncn4)CC3)ccnc2c1. The summed E-state index contributed by atoms with van der Waals surface area (Å²) in [6, 6.07) is 8.44. The summed E-state index contributed by atoms with van der Waals surface area (Å²) in [6.07, 6.45) is 7.41. The summed E-state index contributed by atoms with van der Waals surface area (Å²) in [6.45, 7) is 2.01. The zero-order valence-electron chi connectivity index (χ0n) is 12.1. The molecule has 1 saturated heterocycles. The van der Waals surface area contributed by atoms with Crippen LogP contribution in [-0.2, 0) is 0 Å². The van der Waals surface area contributed by atoms with E-state index in [1.807, 2.05) is 29.3 Å². The average molecular weight is 314 g/mol. The monoisotopic (exact) mass is 313 g/mol. The lowest BCUT2D eigenvalue weighted by molar-refractivity contribution is 0.366. The van der Waals surface area contributed by atoms with E-state index < -0.39 is 0 Å². The molecule has 0 aliphatic carbocycles. The highest BCUT2D eigenvalue weighted by atomic mass is 35.5. The van der Waals surface area contributed by atoms with Crippen LogP contribution in [0.3, 0.4) is 0 Å². The summed E-state index contributed by atoms with van der Waals surface area (Å²) in [5.41, 5.74) is 2.18. The highest BCUT2D eigenvalue weighted by molar-refractivity contribution is 6.31. The van der Waals surface area contributed by atoms with Crippen molar-refractivity contribution in [1.82, 2.24) is 19.7 Å². The predicted molar refractivity (Wildman–Crippen MR) is 87.3 cm³/mol. The van der Waals surface area contributed by atoms with Gasteiger partial charge in [0, 0.05) is 35.4 Å². The first-order valence-electron chi connectivity index (χ1n) is 7.44. The molecular formula is C16H16ClN5. The first-order valence-corrected chi connectivity index (χ1v) is 7.82. The molecule has 1 fully saturated rings. The number of piperidine rings is 1. The normalized spacial score (nSPS) is 16.3. The Kier molecular flexibility index (Phi) is 3.42. The van der Waals surface area contributed by atoms with Crippen LogP contribution in [-0.4, -0.2) is 32.8 Å². The van der Waals surface area contributed by atoms with Gasteiger partial charge in [0.15, 0.2) is 0 Å². The van der Waals surface area contributed by atoms with Gasteiger partial charge in [-0.15, -0.1) is 0 Å². The summed E-state index contributed by atoms with van der Waals surface area (Å²) >= 11 is 6.06. The molecule has 3 heterocycles. The molecule has 0 saturated carbocycles. The average Bonchev–Trinajstić information content (AvgIpc) is 3.09. The third-order valence-electron chi connectivity index (χ3n) is 4.30. The Morgan fingerprint density at radius 2 is 2.00 bits per heavy atom. The number of benzene rings is 1. The van der Waals surface area contributed by atoms with Gasteiger partial charge in [-0.05, 0) is 37.1 Å². The van der Waals surface area contributed by atoms with Gasteiger partial charge < -0.3 is 4.90 Å². The van der Waals surface area contributed by atoms with Crippen LogP contribution < -0.4 is 4.90 Å². The molecule has 4 rings (SSSR count). The van der Waals surface area contributed by atoms with Gasteiger partial charge in [-0.2, -0.15) is 5.10 Å². The molecule has 1 aliphatic rings. The molecule has 6 heteroatoms. The molecule has 0 atom stereocenters. The number of rotatable bonds is 2. The van der Waals surface area contributed by atoms with E-state index in [1.165, 1.54) is 5.69 Å². The molecule has 112 valence electrons. The van der Waals surface area contributed by atoms with Crippen LogP contribution in [0.15, 0.2) is 43.1 Å². The van der Waals surface area contributed by atoms with Crippen LogP contribution >= 0.6 is 11.6 Å². The Hall–Kier alpha value is -2.14. The van der Waals surface area contributed by atoms with Gasteiger partial charge in [0.1, 0.15) is 12.7 Å². The molecule has 0 spiro atoms. The second-order valence-corrected chi connectivity index (χ2v) is 6.02. The van der Waals surface area contributed by atoms with E-state index in [1.54, 1.807) is 6.33 Å². The van der Waals surface area contributed by atoms with Gasteiger partial charge in [-0.25, -0.2) is 9.67 Å². The highest BCUT2D eigenvalue weighted by Gasteiger charge is 2.22. The predicted octanol–water partition coefficient (Wildman–Crippen LogP) is 3.32. The van der Waals surface area contributed by atoms with Crippen LogP contribution in [0.25, 0.3) is 10.9 Å². The Morgan fingerprint density at radius 3 is 2.77 bits per heavy atom. The van der Waals surface area contributed by atoms with E-state index in [9.17, 15) is 0 Å². The molecule has 1 aromatic carbocycles. The lowest BCUT2D eigenvalue weighted by atomic mass is 10.0. The molecule has 0 radical (unpaired) electrons. The summed E-state index contributed by atoms with van der Waals surface area (Å²) < 4.78 is 1.97. The fourth-order valence-corrected chi connectivity index (χ4v) is 3.33. The summed E-state index contributed by atoms with van der Waals surface area (Å²) in [4.78, 5) is 10.9. The number of nitrogens with zero attached hydrogens (tertiary/aromatic N) is 5. The van der Waals surface area contributed by atoms with Gasteiger partial charge in [-0.3, -0.25) is 4.98 Å². The van der Waals surface area contributed by atoms with Crippen LogP contribution in [0, 0.1) is 0 Å².